The second-order valence-electron chi connectivity index (χ2n) is 12.6. The predicted octanol–water partition coefficient (Wildman–Crippen LogP) is 5.31. The number of quaternary nitrogens is 1. The molecule has 2 fully saturated rings. The van der Waals surface area contributed by atoms with Crippen molar-refractivity contribution in [2.75, 3.05) is 25.5 Å². The van der Waals surface area contributed by atoms with Gasteiger partial charge in [-0.05, 0) is 80.5 Å². The zero-order valence-electron chi connectivity index (χ0n) is 25.7. The lowest BCUT2D eigenvalue weighted by atomic mass is 9.98. The average Bonchev–Trinajstić information content (AvgIpc) is 3.47. The molecule has 1 unspecified atom stereocenters. The van der Waals surface area contributed by atoms with E-state index >= 15 is 0 Å². The Bertz CT molecular complexity index is 1470. The Morgan fingerprint density at radius 2 is 1.71 bits per heavy atom. The monoisotopic (exact) mass is 635 g/mol. The number of amides is 3. The number of piperidine rings is 1. The largest absolute Gasteiger partial charge is 0.508 e. The van der Waals surface area contributed by atoms with Gasteiger partial charge < -0.3 is 30.1 Å². The lowest BCUT2D eigenvalue weighted by molar-refractivity contribution is -0.927. The number of ether oxygens (including phenoxy) is 1. The lowest BCUT2D eigenvalue weighted by Crippen LogP contribution is -2.59. The summed E-state index contributed by atoms with van der Waals surface area (Å²) in [6.07, 6.45) is 6.98. The molecule has 3 amide bonds. The Hall–Kier alpha value is -4.09. The number of thiophene rings is 1. The smallest absolute Gasteiger partial charge is 0.348 e. The molecule has 1 saturated heterocycles. The van der Waals surface area contributed by atoms with E-state index in [1.165, 1.54) is 6.42 Å². The molecule has 1 saturated carbocycles. The highest BCUT2D eigenvalue weighted by Crippen LogP contribution is 2.27. The number of phenolic OH excluding ortho intramolecular Hbond substituents is 2. The second kappa shape index (κ2) is 14.8. The summed E-state index contributed by atoms with van der Waals surface area (Å²) in [7, 11) is 2.15. The summed E-state index contributed by atoms with van der Waals surface area (Å²) in [6, 6.07) is 15.6. The van der Waals surface area contributed by atoms with Crippen molar-refractivity contribution in [3.63, 3.8) is 0 Å². The number of nitrogens with zero attached hydrogens (tertiary/aromatic N) is 1. The fraction of sp³-hybridized carbons (Fsp3) is 0.441. The quantitative estimate of drug-likeness (QED) is 0.151. The molecule has 1 aliphatic carbocycles. The number of anilines is 1. The van der Waals surface area contributed by atoms with E-state index in [2.05, 4.69) is 23.0 Å². The van der Waals surface area contributed by atoms with Crippen LogP contribution in [0.5, 0.6) is 11.5 Å². The van der Waals surface area contributed by atoms with Gasteiger partial charge in [0.15, 0.2) is 0 Å². The number of nitrogens with one attached hydrogen (secondary N) is 3. The number of rotatable bonds is 10. The van der Waals surface area contributed by atoms with Crippen LogP contribution >= 0.6 is 11.3 Å². The highest BCUT2D eigenvalue weighted by atomic mass is 32.1. The first-order chi connectivity index (χ1) is 21.6. The van der Waals surface area contributed by atoms with Gasteiger partial charge in [-0.3, -0.25) is 10.1 Å². The van der Waals surface area contributed by atoms with Gasteiger partial charge in [-0.25, -0.2) is 9.59 Å². The Morgan fingerprint density at radius 3 is 2.47 bits per heavy atom. The number of likely N-dealkylation sites (N-methyl/N-ethyl adjacent to an activating group) is 1. The zero-order valence-corrected chi connectivity index (χ0v) is 26.5. The maximum absolute atomic E-state index is 13.7. The third kappa shape index (κ3) is 9.45. The van der Waals surface area contributed by atoms with Gasteiger partial charge in [-0.2, -0.15) is 0 Å². The number of esters is 1. The van der Waals surface area contributed by atoms with Gasteiger partial charge in [0.2, 0.25) is 5.91 Å². The molecule has 240 valence electrons. The number of carbonyl (C=O) groups is 3. The number of likely N-dealkylation sites (tertiary alicyclic amines) is 1. The summed E-state index contributed by atoms with van der Waals surface area (Å²) in [5.74, 6) is -0.323. The molecule has 10 nitrogen and oxygen atoms in total. The fourth-order valence-electron chi connectivity index (χ4n) is 6.38. The molecule has 1 aromatic heterocycles. The van der Waals surface area contributed by atoms with Gasteiger partial charge >= 0.3 is 12.0 Å². The molecule has 2 aliphatic rings. The van der Waals surface area contributed by atoms with Crippen LogP contribution < -0.4 is 16.0 Å². The maximum Gasteiger partial charge on any atom is 0.348 e. The van der Waals surface area contributed by atoms with Crippen molar-refractivity contribution in [1.82, 2.24) is 10.6 Å². The van der Waals surface area contributed by atoms with Crippen molar-refractivity contribution in [2.45, 2.75) is 76.1 Å². The van der Waals surface area contributed by atoms with Crippen LogP contribution in [0, 0.1) is 0 Å². The van der Waals surface area contributed by atoms with Gasteiger partial charge in [-0.15, -0.1) is 11.3 Å². The van der Waals surface area contributed by atoms with Crippen LogP contribution in [0.15, 0.2) is 60.7 Å². The summed E-state index contributed by atoms with van der Waals surface area (Å²) in [4.78, 5) is 39.8. The summed E-state index contributed by atoms with van der Waals surface area (Å²) in [5, 5.41) is 28.9. The summed E-state index contributed by atoms with van der Waals surface area (Å²) in [6.45, 7) is 2.40. The minimum Gasteiger partial charge on any atom is -0.508 e. The molecule has 45 heavy (non-hydrogen) atoms. The topological polar surface area (TPSA) is 137 Å². The molecular formula is C34H43N4O6S+. The minimum absolute atomic E-state index is 0.0557. The van der Waals surface area contributed by atoms with Crippen LogP contribution in [-0.2, 0) is 22.5 Å². The number of phenols is 2. The Morgan fingerprint density at radius 1 is 0.933 bits per heavy atom. The first kappa shape index (κ1) is 32.3. The van der Waals surface area contributed by atoms with Crippen LogP contribution in [0.2, 0.25) is 0 Å². The number of aromatic hydroxyl groups is 2. The molecule has 0 spiro atoms. The van der Waals surface area contributed by atoms with E-state index in [9.17, 15) is 24.6 Å². The van der Waals surface area contributed by atoms with Crippen LogP contribution in [0.25, 0.3) is 0 Å². The number of urea groups is 1. The van der Waals surface area contributed by atoms with E-state index in [1.807, 2.05) is 12.1 Å². The fourth-order valence-corrected chi connectivity index (χ4v) is 7.17. The SMILES string of the molecule is C[N+]1(Cc2cccc(O)c2)CCC[C@H](NC(=O)[C@H](Cc2ccc(O)cc2)NC(=O)Nc2ccc(C(=O)OC3CCCCC3)s2)C1. The third-order valence-electron chi connectivity index (χ3n) is 8.60. The van der Waals surface area contributed by atoms with Crippen LogP contribution in [0.3, 0.4) is 0 Å². The Labute approximate surface area is 268 Å². The highest BCUT2D eigenvalue weighted by molar-refractivity contribution is 7.18. The van der Waals surface area contributed by atoms with Gasteiger partial charge in [0.1, 0.15) is 35.1 Å². The van der Waals surface area contributed by atoms with E-state index in [0.717, 1.165) is 78.6 Å². The van der Waals surface area contributed by atoms with Crippen molar-refractivity contribution < 1.29 is 33.8 Å². The van der Waals surface area contributed by atoms with Crippen LogP contribution in [0.1, 0.15) is 65.7 Å². The Balaban J connectivity index is 1.21. The zero-order chi connectivity index (χ0) is 31.8. The maximum atomic E-state index is 13.7. The van der Waals surface area contributed by atoms with Gasteiger partial charge in [0.25, 0.3) is 0 Å². The molecule has 2 heterocycles. The molecule has 5 N–H and O–H groups in total. The summed E-state index contributed by atoms with van der Waals surface area (Å²) in [5.41, 5.74) is 1.82. The van der Waals surface area contributed by atoms with Crippen molar-refractivity contribution in [1.29, 1.82) is 0 Å². The van der Waals surface area contributed by atoms with Crippen molar-refractivity contribution in [3.8, 4) is 11.5 Å². The molecule has 1 aliphatic heterocycles. The second-order valence-corrected chi connectivity index (χ2v) is 13.6. The van der Waals surface area contributed by atoms with Crippen molar-refractivity contribution in [3.05, 3.63) is 76.7 Å². The van der Waals surface area contributed by atoms with E-state index in [-0.39, 0.29) is 41.9 Å². The van der Waals surface area contributed by atoms with E-state index < -0.39 is 12.1 Å². The minimum atomic E-state index is -0.878. The molecule has 2 aromatic carbocycles. The van der Waals surface area contributed by atoms with E-state index in [4.69, 9.17) is 4.74 Å². The van der Waals surface area contributed by atoms with E-state index in [0.29, 0.717) is 16.4 Å². The van der Waals surface area contributed by atoms with Crippen molar-refractivity contribution in [2.24, 2.45) is 0 Å². The van der Waals surface area contributed by atoms with Gasteiger partial charge in [0.05, 0.1) is 31.2 Å². The van der Waals surface area contributed by atoms with Crippen LogP contribution in [-0.4, -0.2) is 70.9 Å². The molecular weight excluding hydrogens is 592 g/mol. The standard InChI is InChI=1S/C34H42N4O6S/c1-38(21-24-7-5-9-27(40)19-24)18-6-8-25(22-38)35-32(41)29(20-23-12-14-26(39)15-13-23)36-34(43)37-31-17-16-30(45-31)33(42)44-28-10-3-2-4-11-28/h5,7,9,12-17,19,25,28-29H,2-4,6,8,10-11,18,20-22H2,1H3,(H4-,35,36,37,39,40,41,42,43)/p+1/t25-,29-,38?/m0/s1. The Kier molecular flexibility index (Phi) is 10.6. The molecule has 0 bridgehead atoms. The van der Waals surface area contributed by atoms with Gasteiger partial charge in [-0.1, -0.05) is 30.7 Å². The van der Waals surface area contributed by atoms with Gasteiger partial charge in [0, 0.05) is 12.0 Å². The average molecular weight is 636 g/mol. The molecule has 5 rings (SSSR count). The van der Waals surface area contributed by atoms with E-state index in [1.54, 1.807) is 48.5 Å². The molecule has 3 aromatic rings. The van der Waals surface area contributed by atoms with Crippen molar-refractivity contribution >= 4 is 34.2 Å². The molecule has 3 atom stereocenters. The lowest BCUT2D eigenvalue weighted by Gasteiger charge is -2.42. The summed E-state index contributed by atoms with van der Waals surface area (Å²) >= 11 is 1.14. The number of carbonyl (C=O) groups excluding carboxylic acids is 3. The predicted molar refractivity (Wildman–Crippen MR) is 173 cm³/mol. The first-order valence-electron chi connectivity index (χ1n) is 15.7. The third-order valence-corrected chi connectivity index (χ3v) is 9.58. The summed E-state index contributed by atoms with van der Waals surface area (Å²) < 4.78 is 6.37. The molecule has 0 radical (unpaired) electrons. The number of hydrogen-bond donors (Lipinski definition) is 5. The normalized spacial score (nSPS) is 21.0. The first-order valence-corrected chi connectivity index (χ1v) is 16.5. The van der Waals surface area contributed by atoms with Crippen LogP contribution in [0.4, 0.5) is 9.80 Å². The number of benzene rings is 2. The molecule has 11 heteroatoms. The number of hydrogen-bond acceptors (Lipinski definition) is 7. The highest BCUT2D eigenvalue weighted by Gasteiger charge is 2.34.